The number of nitrogens with zero attached hydrogens (tertiary/aromatic N) is 1. The largest absolute Gasteiger partial charge is 0.358 e. The van der Waals surface area contributed by atoms with E-state index < -0.39 is 0 Å². The van der Waals surface area contributed by atoms with Gasteiger partial charge in [0.15, 0.2) is 0 Å². The molecular weight excluding hydrogens is 222 g/mol. The highest BCUT2D eigenvalue weighted by Crippen LogP contribution is 2.16. The van der Waals surface area contributed by atoms with Crippen molar-refractivity contribution in [2.24, 2.45) is 0 Å². The van der Waals surface area contributed by atoms with Crippen molar-refractivity contribution in [3.05, 3.63) is 35.9 Å². The molecule has 0 atom stereocenters. The zero-order chi connectivity index (χ0) is 11.1. The SMILES string of the molecule is CCN(CC)C(=S)SCc1ccccc1. The Balaban J connectivity index is 2.40. The van der Waals surface area contributed by atoms with Gasteiger partial charge in [-0.3, -0.25) is 0 Å². The third-order valence-electron chi connectivity index (χ3n) is 2.23. The maximum atomic E-state index is 5.36. The minimum atomic E-state index is 0.968. The summed E-state index contributed by atoms with van der Waals surface area (Å²) in [6.07, 6.45) is 0. The Bertz CT molecular complexity index is 294. The van der Waals surface area contributed by atoms with E-state index in [1.54, 1.807) is 11.8 Å². The van der Waals surface area contributed by atoms with Crippen molar-refractivity contribution >= 4 is 28.3 Å². The van der Waals surface area contributed by atoms with E-state index in [4.69, 9.17) is 12.2 Å². The van der Waals surface area contributed by atoms with Crippen LogP contribution in [0.2, 0.25) is 0 Å². The van der Waals surface area contributed by atoms with Gasteiger partial charge in [-0.25, -0.2) is 0 Å². The summed E-state index contributed by atoms with van der Waals surface area (Å²) in [4.78, 5) is 2.21. The Morgan fingerprint density at radius 1 is 1.20 bits per heavy atom. The molecule has 0 saturated heterocycles. The number of hydrogen-bond acceptors (Lipinski definition) is 2. The molecule has 1 aromatic rings. The summed E-state index contributed by atoms with van der Waals surface area (Å²) >= 11 is 7.11. The van der Waals surface area contributed by atoms with E-state index >= 15 is 0 Å². The van der Waals surface area contributed by atoms with Gasteiger partial charge in [0.05, 0.1) is 0 Å². The van der Waals surface area contributed by atoms with E-state index in [2.05, 4.69) is 43.0 Å². The van der Waals surface area contributed by atoms with Gasteiger partial charge in [0.25, 0.3) is 0 Å². The predicted octanol–water partition coefficient (Wildman–Crippen LogP) is 3.55. The van der Waals surface area contributed by atoms with Gasteiger partial charge in [-0.05, 0) is 19.4 Å². The minimum absolute atomic E-state index is 0.968. The Kier molecular flexibility index (Phi) is 5.73. The second-order valence-corrected chi connectivity index (χ2v) is 4.82. The summed E-state index contributed by atoms with van der Waals surface area (Å²) < 4.78 is 1.00. The topological polar surface area (TPSA) is 3.24 Å². The number of hydrogen-bond donors (Lipinski definition) is 0. The van der Waals surface area contributed by atoms with Crippen LogP contribution in [0.5, 0.6) is 0 Å². The van der Waals surface area contributed by atoms with Gasteiger partial charge >= 0.3 is 0 Å². The van der Waals surface area contributed by atoms with Crippen LogP contribution in [-0.4, -0.2) is 22.3 Å². The van der Waals surface area contributed by atoms with Crippen LogP contribution in [0, 0.1) is 0 Å². The molecule has 0 saturated carbocycles. The molecule has 0 aliphatic heterocycles. The molecule has 0 heterocycles. The maximum absolute atomic E-state index is 5.36. The first-order chi connectivity index (χ1) is 7.27. The highest BCUT2D eigenvalue weighted by atomic mass is 32.2. The fourth-order valence-electron chi connectivity index (χ4n) is 1.29. The molecule has 3 heteroatoms. The normalized spacial score (nSPS) is 10.0. The minimum Gasteiger partial charge on any atom is -0.358 e. The zero-order valence-electron chi connectivity index (χ0n) is 9.27. The lowest BCUT2D eigenvalue weighted by Gasteiger charge is -2.20. The van der Waals surface area contributed by atoms with Crippen molar-refractivity contribution in [2.75, 3.05) is 13.1 Å². The molecule has 15 heavy (non-hydrogen) atoms. The van der Waals surface area contributed by atoms with Gasteiger partial charge in [-0.1, -0.05) is 54.3 Å². The van der Waals surface area contributed by atoms with Gasteiger partial charge in [0.2, 0.25) is 0 Å². The first-order valence-electron chi connectivity index (χ1n) is 5.23. The van der Waals surface area contributed by atoms with Crippen LogP contribution < -0.4 is 0 Å². The average molecular weight is 239 g/mol. The fourth-order valence-corrected chi connectivity index (χ4v) is 2.65. The average Bonchev–Trinajstić information content (AvgIpc) is 2.29. The lowest BCUT2D eigenvalue weighted by atomic mass is 10.2. The van der Waals surface area contributed by atoms with Crippen molar-refractivity contribution in [2.45, 2.75) is 19.6 Å². The van der Waals surface area contributed by atoms with E-state index in [1.165, 1.54) is 5.56 Å². The van der Waals surface area contributed by atoms with E-state index in [1.807, 2.05) is 6.07 Å². The molecule has 0 aliphatic carbocycles. The molecule has 0 unspecified atom stereocenters. The molecular formula is C12H17NS2. The van der Waals surface area contributed by atoms with E-state index in [0.29, 0.717) is 0 Å². The molecule has 1 aromatic carbocycles. The molecule has 0 amide bonds. The first kappa shape index (κ1) is 12.5. The van der Waals surface area contributed by atoms with Crippen molar-refractivity contribution in [1.29, 1.82) is 0 Å². The molecule has 0 spiro atoms. The molecule has 1 nitrogen and oxygen atoms in total. The summed E-state index contributed by atoms with van der Waals surface area (Å²) in [5.74, 6) is 0.968. The molecule has 0 aromatic heterocycles. The fraction of sp³-hybridized carbons (Fsp3) is 0.417. The lowest BCUT2D eigenvalue weighted by molar-refractivity contribution is 0.482. The monoisotopic (exact) mass is 239 g/mol. The Morgan fingerprint density at radius 2 is 1.80 bits per heavy atom. The van der Waals surface area contributed by atoms with Crippen LogP contribution in [0.15, 0.2) is 30.3 Å². The third-order valence-corrected chi connectivity index (χ3v) is 3.82. The van der Waals surface area contributed by atoms with Gasteiger partial charge < -0.3 is 4.90 Å². The van der Waals surface area contributed by atoms with Gasteiger partial charge in [-0.15, -0.1) is 0 Å². The summed E-state index contributed by atoms with van der Waals surface area (Å²) in [6.45, 7) is 6.27. The molecule has 82 valence electrons. The Morgan fingerprint density at radius 3 is 2.33 bits per heavy atom. The molecule has 0 bridgehead atoms. The highest BCUT2D eigenvalue weighted by Gasteiger charge is 2.05. The molecule has 0 radical (unpaired) electrons. The van der Waals surface area contributed by atoms with Gasteiger partial charge in [-0.2, -0.15) is 0 Å². The van der Waals surface area contributed by atoms with Crippen LogP contribution in [0.4, 0.5) is 0 Å². The number of rotatable bonds is 4. The van der Waals surface area contributed by atoms with Crippen LogP contribution in [0.25, 0.3) is 0 Å². The van der Waals surface area contributed by atoms with Crippen molar-refractivity contribution in [1.82, 2.24) is 4.90 Å². The predicted molar refractivity (Wildman–Crippen MR) is 73.3 cm³/mol. The highest BCUT2D eigenvalue weighted by molar-refractivity contribution is 8.22. The van der Waals surface area contributed by atoms with E-state index in [-0.39, 0.29) is 0 Å². The number of benzene rings is 1. The summed E-state index contributed by atoms with van der Waals surface area (Å²) in [5, 5.41) is 0. The first-order valence-corrected chi connectivity index (χ1v) is 6.63. The molecule has 1 rings (SSSR count). The second-order valence-electron chi connectivity index (χ2n) is 3.21. The quantitative estimate of drug-likeness (QED) is 0.740. The van der Waals surface area contributed by atoms with Crippen LogP contribution in [0.1, 0.15) is 19.4 Å². The van der Waals surface area contributed by atoms with Crippen LogP contribution in [0.3, 0.4) is 0 Å². The summed E-state index contributed by atoms with van der Waals surface area (Å²) in [6, 6.07) is 10.4. The lowest BCUT2D eigenvalue weighted by Crippen LogP contribution is -2.26. The molecule has 0 aliphatic rings. The zero-order valence-corrected chi connectivity index (χ0v) is 10.9. The smallest absolute Gasteiger partial charge is 0.136 e. The second kappa shape index (κ2) is 6.85. The maximum Gasteiger partial charge on any atom is 0.136 e. The summed E-state index contributed by atoms with van der Waals surface area (Å²) in [7, 11) is 0. The van der Waals surface area contributed by atoms with Crippen molar-refractivity contribution in [3.63, 3.8) is 0 Å². The van der Waals surface area contributed by atoms with E-state index in [9.17, 15) is 0 Å². The van der Waals surface area contributed by atoms with Gasteiger partial charge in [0, 0.05) is 18.8 Å². The molecule has 0 N–H and O–H groups in total. The van der Waals surface area contributed by atoms with Crippen LogP contribution in [-0.2, 0) is 5.75 Å². The Hall–Kier alpha value is -0.540. The van der Waals surface area contributed by atoms with E-state index in [0.717, 1.165) is 23.2 Å². The Labute approximate surface area is 102 Å². The third kappa shape index (κ3) is 4.22. The van der Waals surface area contributed by atoms with Gasteiger partial charge in [0.1, 0.15) is 4.32 Å². The van der Waals surface area contributed by atoms with Crippen molar-refractivity contribution in [3.8, 4) is 0 Å². The summed E-state index contributed by atoms with van der Waals surface area (Å²) in [5.41, 5.74) is 1.33. The standard InChI is InChI=1S/C12H17NS2/c1-3-13(4-2)12(14)15-10-11-8-6-5-7-9-11/h5-9H,3-4,10H2,1-2H3. The molecule has 0 fully saturated rings. The number of thiocarbonyl (C=S) groups is 1. The number of thioether (sulfide) groups is 1. The van der Waals surface area contributed by atoms with Crippen LogP contribution >= 0.6 is 24.0 Å². The van der Waals surface area contributed by atoms with Crippen molar-refractivity contribution < 1.29 is 0 Å².